The molecule has 0 radical (unpaired) electrons. The molecular formula is C15H12Cl2F3N3OS. The van der Waals surface area contributed by atoms with Crippen LogP contribution in [0.1, 0.15) is 15.2 Å². The van der Waals surface area contributed by atoms with Gasteiger partial charge in [0.05, 0.1) is 19.8 Å². The Labute approximate surface area is 155 Å². The second-order valence-corrected chi connectivity index (χ2v) is 7.53. The maximum atomic E-state index is 12.7. The molecule has 0 aliphatic carbocycles. The molecule has 10 heteroatoms. The molecule has 0 saturated carbocycles. The fourth-order valence-electron chi connectivity index (χ4n) is 2.52. The smallest absolute Gasteiger partial charge is 0.352 e. The van der Waals surface area contributed by atoms with Gasteiger partial charge >= 0.3 is 6.18 Å². The number of piperazine rings is 1. The minimum Gasteiger partial charge on any atom is -0.352 e. The Morgan fingerprint density at radius 1 is 1.16 bits per heavy atom. The number of anilines is 1. The van der Waals surface area contributed by atoms with Crippen molar-refractivity contribution in [1.29, 1.82) is 0 Å². The van der Waals surface area contributed by atoms with Gasteiger partial charge in [-0.15, -0.1) is 11.3 Å². The molecular weight excluding hydrogens is 398 g/mol. The van der Waals surface area contributed by atoms with Crippen LogP contribution in [-0.4, -0.2) is 42.0 Å². The van der Waals surface area contributed by atoms with E-state index in [1.54, 1.807) is 21.9 Å². The summed E-state index contributed by atoms with van der Waals surface area (Å²) in [6, 6.07) is 4.21. The SMILES string of the molecule is O=C(c1ccc(Cl)s1)N1CCN(c2ncc(C(F)(F)F)cc2Cl)CC1. The van der Waals surface area contributed by atoms with Gasteiger partial charge in [-0.05, 0) is 18.2 Å². The fourth-order valence-corrected chi connectivity index (χ4v) is 3.82. The van der Waals surface area contributed by atoms with E-state index in [1.807, 2.05) is 0 Å². The second-order valence-electron chi connectivity index (χ2n) is 5.41. The van der Waals surface area contributed by atoms with Crippen molar-refractivity contribution >= 4 is 46.3 Å². The highest BCUT2D eigenvalue weighted by Crippen LogP contribution is 2.34. The van der Waals surface area contributed by atoms with Gasteiger partial charge in [-0.3, -0.25) is 4.79 Å². The summed E-state index contributed by atoms with van der Waals surface area (Å²) in [5, 5.41) is -0.0559. The van der Waals surface area contributed by atoms with Gasteiger partial charge in [0.1, 0.15) is 5.82 Å². The van der Waals surface area contributed by atoms with Crippen LogP contribution in [0.15, 0.2) is 24.4 Å². The van der Waals surface area contributed by atoms with Gasteiger partial charge in [0, 0.05) is 32.4 Å². The maximum Gasteiger partial charge on any atom is 0.417 e. The summed E-state index contributed by atoms with van der Waals surface area (Å²) in [5.74, 6) is 0.184. The molecule has 0 bridgehead atoms. The van der Waals surface area contributed by atoms with E-state index >= 15 is 0 Å². The van der Waals surface area contributed by atoms with Crippen molar-refractivity contribution in [3.8, 4) is 0 Å². The minimum atomic E-state index is -4.48. The van der Waals surface area contributed by atoms with Gasteiger partial charge in [0.15, 0.2) is 0 Å². The molecule has 3 heterocycles. The molecule has 134 valence electrons. The highest BCUT2D eigenvalue weighted by atomic mass is 35.5. The molecule has 0 unspecified atom stereocenters. The van der Waals surface area contributed by atoms with Crippen LogP contribution in [0.2, 0.25) is 9.36 Å². The lowest BCUT2D eigenvalue weighted by Crippen LogP contribution is -2.49. The summed E-state index contributed by atoms with van der Waals surface area (Å²) < 4.78 is 38.6. The number of aromatic nitrogens is 1. The number of carbonyl (C=O) groups excluding carboxylic acids is 1. The fraction of sp³-hybridized carbons (Fsp3) is 0.333. The molecule has 0 atom stereocenters. The van der Waals surface area contributed by atoms with E-state index in [4.69, 9.17) is 23.2 Å². The standard InChI is InChI=1S/C15H12Cl2F3N3OS/c16-10-7-9(15(18,19)20)8-21-13(10)22-3-5-23(6-4-22)14(24)11-1-2-12(17)25-11/h1-2,7-8H,3-6H2. The van der Waals surface area contributed by atoms with E-state index in [0.29, 0.717) is 41.2 Å². The van der Waals surface area contributed by atoms with Crippen LogP contribution in [0.25, 0.3) is 0 Å². The lowest BCUT2D eigenvalue weighted by Gasteiger charge is -2.35. The van der Waals surface area contributed by atoms with Crippen LogP contribution in [0.3, 0.4) is 0 Å². The molecule has 1 aliphatic heterocycles. The van der Waals surface area contributed by atoms with Gasteiger partial charge in [-0.1, -0.05) is 23.2 Å². The number of halogens is 5. The van der Waals surface area contributed by atoms with E-state index in [1.165, 1.54) is 11.3 Å². The lowest BCUT2D eigenvalue weighted by molar-refractivity contribution is -0.137. The molecule has 1 aliphatic rings. The third-order valence-electron chi connectivity index (χ3n) is 3.80. The molecule has 1 saturated heterocycles. The first-order chi connectivity index (χ1) is 11.8. The number of carbonyl (C=O) groups is 1. The van der Waals surface area contributed by atoms with Crippen LogP contribution in [-0.2, 0) is 6.18 Å². The number of pyridine rings is 1. The summed E-state index contributed by atoms with van der Waals surface area (Å²) in [6.45, 7) is 1.71. The van der Waals surface area contributed by atoms with Crippen LogP contribution in [0.5, 0.6) is 0 Å². The van der Waals surface area contributed by atoms with Crippen molar-refractivity contribution in [2.24, 2.45) is 0 Å². The van der Waals surface area contributed by atoms with Crippen molar-refractivity contribution in [3.63, 3.8) is 0 Å². The average Bonchev–Trinajstić information content (AvgIpc) is 3.00. The predicted octanol–water partition coefficient (Wildman–Crippen LogP) is 4.43. The van der Waals surface area contributed by atoms with Gasteiger partial charge in [0.25, 0.3) is 5.91 Å². The molecule has 0 N–H and O–H groups in total. The molecule has 2 aromatic heterocycles. The third-order valence-corrected chi connectivity index (χ3v) is 5.30. The zero-order valence-electron chi connectivity index (χ0n) is 12.7. The molecule has 3 rings (SSSR count). The van der Waals surface area contributed by atoms with Crippen LogP contribution in [0.4, 0.5) is 19.0 Å². The maximum absolute atomic E-state index is 12.7. The molecule has 0 aromatic carbocycles. The largest absolute Gasteiger partial charge is 0.417 e. The number of rotatable bonds is 2. The highest BCUT2D eigenvalue weighted by molar-refractivity contribution is 7.17. The summed E-state index contributed by atoms with van der Waals surface area (Å²) in [7, 11) is 0. The number of amides is 1. The van der Waals surface area contributed by atoms with Crippen molar-refractivity contribution < 1.29 is 18.0 Å². The van der Waals surface area contributed by atoms with E-state index in [0.717, 1.165) is 12.3 Å². The highest BCUT2D eigenvalue weighted by Gasteiger charge is 2.32. The molecule has 25 heavy (non-hydrogen) atoms. The lowest BCUT2D eigenvalue weighted by atomic mass is 10.2. The monoisotopic (exact) mass is 409 g/mol. The summed E-state index contributed by atoms with van der Waals surface area (Å²) in [6.07, 6.45) is -3.71. The Balaban J connectivity index is 1.67. The Morgan fingerprint density at radius 3 is 2.36 bits per heavy atom. The Hall–Kier alpha value is -1.51. The van der Waals surface area contributed by atoms with E-state index < -0.39 is 11.7 Å². The van der Waals surface area contributed by atoms with Crippen LogP contribution < -0.4 is 4.90 Å². The summed E-state index contributed by atoms with van der Waals surface area (Å²) >= 11 is 13.0. The van der Waals surface area contributed by atoms with Crippen molar-refractivity contribution in [2.45, 2.75) is 6.18 Å². The zero-order chi connectivity index (χ0) is 18.2. The molecule has 0 spiro atoms. The van der Waals surface area contributed by atoms with E-state index in [-0.39, 0.29) is 10.9 Å². The van der Waals surface area contributed by atoms with Gasteiger partial charge in [-0.2, -0.15) is 13.2 Å². The molecule has 1 amide bonds. The van der Waals surface area contributed by atoms with Gasteiger partial charge in [-0.25, -0.2) is 4.98 Å². The number of hydrogen-bond acceptors (Lipinski definition) is 4. The number of nitrogens with zero attached hydrogens (tertiary/aromatic N) is 3. The first kappa shape index (κ1) is 18.3. The number of thiophene rings is 1. The Bertz CT molecular complexity index is 789. The van der Waals surface area contributed by atoms with Gasteiger partial charge in [0.2, 0.25) is 0 Å². The first-order valence-corrected chi connectivity index (χ1v) is 8.85. The summed E-state index contributed by atoms with van der Waals surface area (Å²) in [4.78, 5) is 20.2. The third kappa shape index (κ3) is 4.02. The van der Waals surface area contributed by atoms with E-state index in [2.05, 4.69) is 4.98 Å². The minimum absolute atomic E-state index is 0.0559. The summed E-state index contributed by atoms with van der Waals surface area (Å²) in [5.41, 5.74) is -0.885. The topological polar surface area (TPSA) is 36.4 Å². The van der Waals surface area contributed by atoms with Crippen LogP contribution in [0, 0.1) is 0 Å². The molecule has 1 fully saturated rings. The quantitative estimate of drug-likeness (QED) is 0.735. The van der Waals surface area contributed by atoms with Crippen molar-refractivity contribution in [2.75, 3.05) is 31.1 Å². The Kier molecular flexibility index (Phi) is 5.13. The second kappa shape index (κ2) is 7.01. The Morgan fingerprint density at radius 2 is 1.84 bits per heavy atom. The van der Waals surface area contributed by atoms with Crippen LogP contribution >= 0.6 is 34.5 Å². The molecule has 2 aromatic rings. The molecule has 4 nitrogen and oxygen atoms in total. The number of alkyl halides is 3. The van der Waals surface area contributed by atoms with E-state index in [9.17, 15) is 18.0 Å². The predicted molar refractivity (Wildman–Crippen MR) is 91.7 cm³/mol. The first-order valence-electron chi connectivity index (χ1n) is 7.28. The number of hydrogen-bond donors (Lipinski definition) is 0. The van der Waals surface area contributed by atoms with Gasteiger partial charge < -0.3 is 9.80 Å². The zero-order valence-corrected chi connectivity index (χ0v) is 15.0. The normalized spacial score (nSPS) is 15.6. The van der Waals surface area contributed by atoms with Crippen molar-refractivity contribution in [3.05, 3.63) is 44.2 Å². The van der Waals surface area contributed by atoms with Crippen molar-refractivity contribution in [1.82, 2.24) is 9.88 Å². The average molecular weight is 410 g/mol.